The molecule has 0 N–H and O–H groups in total. The van der Waals surface area contributed by atoms with E-state index in [1.165, 1.54) is 0 Å². The van der Waals surface area contributed by atoms with Crippen LogP contribution in [0.4, 0.5) is 35.1 Å². The van der Waals surface area contributed by atoms with Crippen molar-refractivity contribution in [1.29, 1.82) is 0 Å². The molecule has 6 nitrogen and oxygen atoms in total. The second-order valence-corrected chi connectivity index (χ2v) is 8.91. The van der Waals surface area contributed by atoms with Crippen molar-refractivity contribution in [2.24, 2.45) is 0 Å². The minimum atomic E-state index is -4.65. The van der Waals surface area contributed by atoms with E-state index >= 15 is 8.78 Å². The monoisotopic (exact) mass is 568 g/mol. The molecule has 40 heavy (non-hydrogen) atoms. The van der Waals surface area contributed by atoms with Gasteiger partial charge in [-0.25, -0.2) is 8.78 Å². The molecule has 0 spiro atoms. The molecular formula is C26H12F8N2O4. The van der Waals surface area contributed by atoms with Gasteiger partial charge in [0, 0.05) is 0 Å². The fraction of sp³-hybridized carbons (Fsp3) is 0.154. The Hall–Kier alpha value is -4.62. The molecule has 3 aromatic carbocycles. The van der Waals surface area contributed by atoms with E-state index in [-0.39, 0.29) is 11.1 Å². The average Bonchev–Trinajstić information content (AvgIpc) is 3.28. The molecule has 0 fully saturated rings. The Labute approximate surface area is 215 Å². The molecule has 14 heteroatoms. The lowest BCUT2D eigenvalue weighted by Gasteiger charge is -2.07. The summed E-state index contributed by atoms with van der Waals surface area (Å²) in [6.45, 7) is -1.31. The van der Waals surface area contributed by atoms with Crippen LogP contribution >= 0.6 is 0 Å². The Morgan fingerprint density at radius 2 is 0.725 bits per heavy atom. The van der Waals surface area contributed by atoms with E-state index in [1.807, 2.05) is 0 Å². The number of hydrogen-bond acceptors (Lipinski definition) is 4. The molecule has 206 valence electrons. The van der Waals surface area contributed by atoms with Crippen LogP contribution in [0.2, 0.25) is 0 Å². The molecule has 0 aliphatic rings. The van der Waals surface area contributed by atoms with Gasteiger partial charge in [-0.3, -0.25) is 28.3 Å². The van der Waals surface area contributed by atoms with Gasteiger partial charge in [0.15, 0.2) is 11.6 Å². The first kappa shape index (κ1) is 27.0. The fourth-order valence-corrected chi connectivity index (χ4v) is 4.47. The van der Waals surface area contributed by atoms with Crippen LogP contribution in [0, 0.1) is 11.6 Å². The van der Waals surface area contributed by atoms with E-state index in [0.29, 0.717) is 33.4 Å². The number of alkyl halides is 6. The zero-order chi connectivity index (χ0) is 29.3. The highest BCUT2D eigenvalue weighted by Crippen LogP contribution is 2.30. The van der Waals surface area contributed by atoms with Crippen molar-refractivity contribution in [2.75, 3.05) is 0 Å². The molecule has 0 unspecified atom stereocenters. The van der Waals surface area contributed by atoms with Crippen molar-refractivity contribution in [1.82, 2.24) is 9.13 Å². The molecule has 0 saturated carbocycles. The van der Waals surface area contributed by atoms with Crippen molar-refractivity contribution in [3.8, 4) is 0 Å². The van der Waals surface area contributed by atoms with Gasteiger partial charge in [0.05, 0.1) is 45.8 Å². The van der Waals surface area contributed by atoms with Crippen molar-refractivity contribution >= 4 is 21.5 Å². The number of hydrogen-bond donors (Lipinski definition) is 0. The van der Waals surface area contributed by atoms with Gasteiger partial charge in [0.25, 0.3) is 22.2 Å². The van der Waals surface area contributed by atoms with E-state index in [1.54, 1.807) is 0 Å². The third-order valence-electron chi connectivity index (χ3n) is 6.46. The quantitative estimate of drug-likeness (QED) is 0.303. The van der Waals surface area contributed by atoms with Crippen LogP contribution in [-0.2, 0) is 25.4 Å². The molecule has 2 aromatic heterocycles. The van der Waals surface area contributed by atoms with Crippen LogP contribution in [0.25, 0.3) is 21.5 Å². The van der Waals surface area contributed by atoms with E-state index < -0.39 is 92.0 Å². The average molecular weight is 568 g/mol. The molecule has 0 aliphatic carbocycles. The van der Waals surface area contributed by atoms with Crippen LogP contribution in [0.5, 0.6) is 0 Å². The fourth-order valence-electron chi connectivity index (χ4n) is 4.47. The smallest absolute Gasteiger partial charge is 0.270 e. The maximum atomic E-state index is 15.5. The van der Waals surface area contributed by atoms with Gasteiger partial charge in [0.2, 0.25) is 0 Å². The van der Waals surface area contributed by atoms with Crippen LogP contribution in [0.15, 0.2) is 67.7 Å². The maximum absolute atomic E-state index is 15.5. The molecule has 5 aromatic rings. The minimum Gasteiger partial charge on any atom is -0.270 e. The van der Waals surface area contributed by atoms with Gasteiger partial charge in [-0.05, 0) is 35.4 Å². The highest BCUT2D eigenvalue weighted by atomic mass is 19.4. The second-order valence-electron chi connectivity index (χ2n) is 8.91. The molecule has 0 saturated heterocycles. The van der Waals surface area contributed by atoms with Crippen molar-refractivity contribution < 1.29 is 35.1 Å². The summed E-state index contributed by atoms with van der Waals surface area (Å²) in [4.78, 5) is 51.6. The zero-order valence-electron chi connectivity index (χ0n) is 19.6. The Bertz CT molecular complexity index is 1780. The molecular weight excluding hydrogens is 556 g/mol. The van der Waals surface area contributed by atoms with E-state index in [4.69, 9.17) is 0 Å². The Balaban J connectivity index is 1.63. The molecule has 0 amide bonds. The Morgan fingerprint density at radius 3 is 0.950 bits per heavy atom. The minimum absolute atomic E-state index is 0.0192. The normalized spacial score (nSPS) is 12.6. The summed E-state index contributed by atoms with van der Waals surface area (Å²) >= 11 is 0. The Kier molecular flexibility index (Phi) is 6.04. The van der Waals surface area contributed by atoms with Gasteiger partial charge < -0.3 is 0 Å². The van der Waals surface area contributed by atoms with Gasteiger partial charge in [-0.15, -0.1) is 0 Å². The topological polar surface area (TPSA) is 78.1 Å². The summed E-state index contributed by atoms with van der Waals surface area (Å²) in [5.74, 6) is -3.29. The van der Waals surface area contributed by atoms with Crippen LogP contribution in [0.3, 0.4) is 0 Å². The van der Waals surface area contributed by atoms with Gasteiger partial charge in [0.1, 0.15) is 0 Å². The number of nitrogens with zero attached hydrogens (tertiary/aromatic N) is 2. The van der Waals surface area contributed by atoms with Crippen LogP contribution in [-0.4, -0.2) is 9.13 Å². The number of fused-ring (bicyclic) bond motifs is 2. The van der Waals surface area contributed by atoms with Crippen molar-refractivity contribution in [3.05, 3.63) is 124 Å². The van der Waals surface area contributed by atoms with Crippen molar-refractivity contribution in [3.63, 3.8) is 0 Å². The Morgan fingerprint density at radius 1 is 0.475 bits per heavy atom. The first-order valence-corrected chi connectivity index (χ1v) is 11.2. The highest BCUT2D eigenvalue weighted by Gasteiger charge is 2.32. The van der Waals surface area contributed by atoms with E-state index in [9.17, 15) is 45.5 Å². The van der Waals surface area contributed by atoms with Crippen LogP contribution < -0.4 is 22.2 Å². The summed E-state index contributed by atoms with van der Waals surface area (Å²) < 4.78 is 108. The summed E-state index contributed by atoms with van der Waals surface area (Å²) in [6.07, 6.45) is -9.30. The predicted octanol–water partition coefficient (Wildman–Crippen LogP) is 4.32. The lowest BCUT2D eigenvalue weighted by atomic mass is 10.1. The van der Waals surface area contributed by atoms with Crippen molar-refractivity contribution in [2.45, 2.75) is 25.4 Å². The van der Waals surface area contributed by atoms with Crippen LogP contribution in [0.1, 0.15) is 22.3 Å². The third-order valence-corrected chi connectivity index (χ3v) is 6.46. The molecule has 2 heterocycles. The second kappa shape index (κ2) is 8.96. The largest absolute Gasteiger partial charge is 0.416 e. The molecule has 0 aliphatic heterocycles. The summed E-state index contributed by atoms with van der Waals surface area (Å²) in [5, 5.41) is -4.48. The standard InChI is InChI=1S/C26H12F8N2O4/c27-19-15-16(22(38)35(21(15)37)9-11-1-5-13(6-2-11)25(29,30)31)20(28)18-17(19)23(39)36(24(18)40)10-12-3-7-14(8-4-12)26(32,33)34/h1-8H,9-10H2. The number of benzene rings is 3. The van der Waals surface area contributed by atoms with Gasteiger partial charge >= 0.3 is 12.4 Å². The summed E-state index contributed by atoms with van der Waals surface area (Å²) in [5.41, 5.74) is -7.48. The number of rotatable bonds is 4. The van der Waals surface area contributed by atoms with Gasteiger partial charge in [-0.1, -0.05) is 24.3 Å². The first-order chi connectivity index (χ1) is 18.6. The zero-order valence-corrected chi connectivity index (χ0v) is 19.6. The predicted molar refractivity (Wildman–Crippen MR) is 126 cm³/mol. The lowest BCUT2D eigenvalue weighted by molar-refractivity contribution is -0.138. The highest BCUT2D eigenvalue weighted by molar-refractivity contribution is 5.99. The van der Waals surface area contributed by atoms with Gasteiger partial charge in [-0.2, -0.15) is 26.3 Å². The molecule has 5 rings (SSSR count). The summed E-state index contributed by atoms with van der Waals surface area (Å²) in [6, 6.07) is 6.60. The number of aromatic nitrogens is 2. The maximum Gasteiger partial charge on any atom is 0.416 e. The first-order valence-electron chi connectivity index (χ1n) is 11.2. The molecule has 0 radical (unpaired) electrons. The molecule has 0 bridgehead atoms. The lowest BCUT2D eigenvalue weighted by Crippen LogP contribution is -2.27. The summed E-state index contributed by atoms with van der Waals surface area (Å²) in [7, 11) is 0. The third kappa shape index (κ3) is 4.19. The van der Waals surface area contributed by atoms with E-state index in [2.05, 4.69) is 0 Å². The number of halogens is 8. The molecule has 0 atom stereocenters. The van der Waals surface area contributed by atoms with E-state index in [0.717, 1.165) is 24.3 Å². The SMILES string of the molecule is O=c1c2c(F)c3c(=O)n(Cc4ccc(C(F)(F)F)cc4)c(=O)c3c(F)c2c(=O)n1Cc1ccc(C(F)(F)F)cc1.